The van der Waals surface area contributed by atoms with E-state index in [4.69, 9.17) is 0 Å². The molecular weight excluding hydrogens is 621 g/mol. The van der Waals surface area contributed by atoms with Gasteiger partial charge in [-0.05, 0) is 79.8 Å². The second kappa shape index (κ2) is 14.3. The van der Waals surface area contributed by atoms with Crippen molar-refractivity contribution < 1.29 is 14.3 Å². The third-order valence-electron chi connectivity index (χ3n) is 8.74. The summed E-state index contributed by atoms with van der Waals surface area (Å²) in [7, 11) is 0. The van der Waals surface area contributed by atoms with Crippen LogP contribution in [-0.2, 0) is 12.0 Å². The first-order valence-electron chi connectivity index (χ1n) is 16.1. The van der Waals surface area contributed by atoms with E-state index in [9.17, 15) is 15.2 Å². The van der Waals surface area contributed by atoms with Crippen molar-refractivity contribution in [3.8, 4) is 17.9 Å². The van der Waals surface area contributed by atoms with Crippen molar-refractivity contribution >= 4 is 28.6 Å². The normalized spacial score (nSPS) is 13.9. The predicted octanol–water partition coefficient (Wildman–Crippen LogP) is 4.81. The number of H-pyrrole nitrogens is 1. The standard InChI is InChI=1S/C37H38FN9O2/c1-25-15-33(38)32(18-27(25)6-7-31-22-40-35-34(5-4-8-47(31)35)43-30-20-41-42-21-30)36(49)44-29-17-26(16-28(19-29)37(2,3)24-39)23-46-11-9-45(10-12-46)13-14-48/h4-5,8,15-22,43,48H,9-14,23H2,1-3H3,(H,41,42)(H,44,49). The molecule has 0 bridgehead atoms. The largest absolute Gasteiger partial charge is 0.395 e. The van der Waals surface area contributed by atoms with Gasteiger partial charge in [0.05, 0.1) is 47.4 Å². The van der Waals surface area contributed by atoms with Crippen LogP contribution in [0.25, 0.3) is 5.65 Å². The van der Waals surface area contributed by atoms with Crippen LogP contribution in [0.5, 0.6) is 0 Å². The molecule has 1 aliphatic rings. The number of aromatic nitrogens is 4. The van der Waals surface area contributed by atoms with E-state index in [1.807, 2.05) is 48.7 Å². The Morgan fingerprint density at radius 1 is 1.08 bits per heavy atom. The first-order valence-corrected chi connectivity index (χ1v) is 16.1. The van der Waals surface area contributed by atoms with E-state index in [2.05, 4.69) is 53.5 Å². The number of fused-ring (bicyclic) bond motifs is 1. The molecule has 12 heteroatoms. The van der Waals surface area contributed by atoms with Crippen LogP contribution in [0.15, 0.2) is 67.3 Å². The number of nitrogens with zero attached hydrogens (tertiary/aromatic N) is 6. The van der Waals surface area contributed by atoms with Gasteiger partial charge in [0, 0.05) is 62.9 Å². The molecule has 0 atom stereocenters. The Kier molecular flexibility index (Phi) is 9.74. The maximum absolute atomic E-state index is 15.3. The maximum atomic E-state index is 15.3. The van der Waals surface area contributed by atoms with Gasteiger partial charge >= 0.3 is 0 Å². The number of piperazine rings is 1. The van der Waals surface area contributed by atoms with Crippen LogP contribution in [0.2, 0.25) is 0 Å². The van der Waals surface area contributed by atoms with Crippen LogP contribution < -0.4 is 10.6 Å². The number of hydrogen-bond donors (Lipinski definition) is 4. The number of rotatable bonds is 9. The first-order chi connectivity index (χ1) is 23.6. The number of pyridine rings is 1. The number of nitrogens with one attached hydrogen (secondary N) is 3. The number of imidazole rings is 1. The van der Waals surface area contributed by atoms with Crippen LogP contribution in [-0.4, -0.2) is 79.7 Å². The van der Waals surface area contributed by atoms with Gasteiger partial charge in [-0.25, -0.2) is 9.37 Å². The Morgan fingerprint density at radius 2 is 1.88 bits per heavy atom. The highest BCUT2D eigenvalue weighted by Gasteiger charge is 2.24. The van der Waals surface area contributed by atoms with E-state index in [1.54, 1.807) is 31.6 Å². The average Bonchev–Trinajstić information content (AvgIpc) is 3.76. The number of hydrogen-bond acceptors (Lipinski definition) is 8. The molecule has 1 fully saturated rings. The van der Waals surface area contributed by atoms with Crippen molar-refractivity contribution in [2.24, 2.45) is 0 Å². The number of carbonyl (C=O) groups is 1. The third kappa shape index (κ3) is 7.63. The highest BCUT2D eigenvalue weighted by molar-refractivity contribution is 6.05. The highest BCUT2D eigenvalue weighted by atomic mass is 19.1. The zero-order valence-corrected chi connectivity index (χ0v) is 27.7. The van der Waals surface area contributed by atoms with Gasteiger partial charge in [0.2, 0.25) is 0 Å². The fraction of sp³-hybridized carbons (Fsp3) is 0.297. The molecular formula is C37H38FN9O2. The summed E-state index contributed by atoms with van der Waals surface area (Å²) in [5.74, 6) is 4.98. The minimum Gasteiger partial charge on any atom is -0.395 e. The summed E-state index contributed by atoms with van der Waals surface area (Å²) in [6.45, 7) is 10.2. The second-order valence-corrected chi connectivity index (χ2v) is 12.7. The minimum atomic E-state index is -0.804. The van der Waals surface area contributed by atoms with Crippen LogP contribution in [0, 0.1) is 35.9 Å². The number of aliphatic hydroxyl groups excluding tert-OH is 1. The molecule has 0 unspecified atom stereocenters. The van der Waals surface area contributed by atoms with Gasteiger partial charge in [0.25, 0.3) is 5.91 Å². The van der Waals surface area contributed by atoms with Gasteiger partial charge < -0.3 is 15.7 Å². The topological polar surface area (TPSA) is 138 Å². The first kappa shape index (κ1) is 33.4. The van der Waals surface area contributed by atoms with E-state index in [0.717, 1.165) is 48.7 Å². The van der Waals surface area contributed by atoms with Gasteiger partial charge in [0.1, 0.15) is 11.5 Å². The maximum Gasteiger partial charge on any atom is 0.258 e. The van der Waals surface area contributed by atoms with E-state index in [-0.39, 0.29) is 12.2 Å². The van der Waals surface area contributed by atoms with Crippen LogP contribution in [0.3, 0.4) is 0 Å². The van der Waals surface area contributed by atoms with Gasteiger partial charge in [-0.2, -0.15) is 10.4 Å². The van der Waals surface area contributed by atoms with Crippen molar-refractivity contribution in [3.63, 3.8) is 0 Å². The average molecular weight is 660 g/mol. The number of benzene rings is 2. The molecule has 2 aromatic carbocycles. The molecule has 1 saturated heterocycles. The van der Waals surface area contributed by atoms with Gasteiger partial charge in [-0.1, -0.05) is 12.0 Å². The van der Waals surface area contributed by atoms with Crippen molar-refractivity contribution in [2.45, 2.75) is 32.7 Å². The number of nitriles is 1. The number of carbonyl (C=O) groups excluding carboxylic acids is 1. The molecule has 0 aliphatic carbocycles. The van der Waals surface area contributed by atoms with Crippen molar-refractivity contribution in [1.29, 1.82) is 5.26 Å². The van der Waals surface area contributed by atoms with E-state index >= 15 is 4.39 Å². The van der Waals surface area contributed by atoms with E-state index in [1.165, 1.54) is 12.1 Å². The number of anilines is 3. The lowest BCUT2D eigenvalue weighted by atomic mass is 9.85. The molecule has 4 N–H and O–H groups in total. The number of aromatic amines is 1. The highest BCUT2D eigenvalue weighted by Crippen LogP contribution is 2.28. The second-order valence-electron chi connectivity index (χ2n) is 12.7. The zero-order valence-electron chi connectivity index (χ0n) is 27.7. The molecule has 0 saturated carbocycles. The predicted molar refractivity (Wildman–Crippen MR) is 186 cm³/mol. The summed E-state index contributed by atoms with van der Waals surface area (Å²) >= 11 is 0. The fourth-order valence-electron chi connectivity index (χ4n) is 5.84. The number of amides is 1. The quantitative estimate of drug-likeness (QED) is 0.166. The van der Waals surface area contributed by atoms with Crippen LogP contribution >= 0.6 is 0 Å². The molecule has 4 heterocycles. The van der Waals surface area contributed by atoms with E-state index < -0.39 is 17.1 Å². The summed E-state index contributed by atoms with van der Waals surface area (Å²) in [5.41, 5.74) is 5.22. The van der Waals surface area contributed by atoms with Gasteiger partial charge in [-0.3, -0.25) is 24.1 Å². The summed E-state index contributed by atoms with van der Waals surface area (Å²) in [5, 5.41) is 32.0. The monoisotopic (exact) mass is 659 g/mol. The SMILES string of the molecule is Cc1cc(F)c(C(=O)Nc2cc(CN3CCN(CCO)CC3)cc(C(C)(C)C#N)c2)cc1C#Cc1cnc2c(Nc3cn[nH]c3)cccn12. The molecule has 250 valence electrons. The summed E-state index contributed by atoms with van der Waals surface area (Å²) in [4.78, 5) is 22.6. The summed E-state index contributed by atoms with van der Waals surface area (Å²) in [6, 6.07) is 14.6. The molecule has 3 aromatic heterocycles. The van der Waals surface area contributed by atoms with E-state index in [0.29, 0.717) is 41.2 Å². The Hall–Kier alpha value is -5.53. The number of aliphatic hydroxyl groups is 1. The third-order valence-corrected chi connectivity index (χ3v) is 8.74. The number of β-amino-alcohol motifs (C(OH)–C–C–N with tert-alkyl or cyclic N) is 1. The summed E-state index contributed by atoms with van der Waals surface area (Å²) < 4.78 is 17.1. The lowest BCUT2D eigenvalue weighted by Gasteiger charge is -2.34. The lowest BCUT2D eigenvalue weighted by Crippen LogP contribution is -2.46. The van der Waals surface area contributed by atoms with Gasteiger partial charge in [-0.15, -0.1) is 0 Å². The Balaban J connectivity index is 1.24. The van der Waals surface area contributed by atoms with Crippen molar-refractivity contribution in [1.82, 2.24) is 29.4 Å². The zero-order chi connectivity index (χ0) is 34.5. The molecule has 6 rings (SSSR count). The Labute approximate surface area is 284 Å². The smallest absolute Gasteiger partial charge is 0.258 e. The molecule has 49 heavy (non-hydrogen) atoms. The molecule has 11 nitrogen and oxygen atoms in total. The van der Waals surface area contributed by atoms with Crippen molar-refractivity contribution in [3.05, 3.63) is 107 Å². The Bertz CT molecular complexity index is 2080. The summed E-state index contributed by atoms with van der Waals surface area (Å²) in [6.07, 6.45) is 6.93. The molecule has 0 spiro atoms. The van der Waals surface area contributed by atoms with Crippen molar-refractivity contribution in [2.75, 3.05) is 50.0 Å². The molecule has 1 aliphatic heterocycles. The Morgan fingerprint density at radius 3 is 2.61 bits per heavy atom. The number of halogens is 1. The van der Waals surface area contributed by atoms with Gasteiger partial charge in [0.15, 0.2) is 5.65 Å². The molecule has 1 amide bonds. The lowest BCUT2D eigenvalue weighted by molar-refractivity contribution is 0.102. The van der Waals surface area contributed by atoms with Crippen LogP contribution in [0.1, 0.15) is 52.2 Å². The number of aryl methyl sites for hydroxylation is 1. The fourth-order valence-corrected chi connectivity index (χ4v) is 5.84. The molecule has 0 radical (unpaired) electrons. The molecule has 5 aromatic rings. The van der Waals surface area contributed by atoms with Crippen LogP contribution in [0.4, 0.5) is 21.5 Å². The minimum absolute atomic E-state index is 0.133.